The smallest absolute Gasteiger partial charge is 0.270 e. The number of anilines is 1. The number of carbonyl (C=O) groups is 1. The van der Waals surface area contributed by atoms with Gasteiger partial charge < -0.3 is 24.4 Å². The van der Waals surface area contributed by atoms with Crippen molar-refractivity contribution >= 4 is 22.6 Å². The first-order valence-electron chi connectivity index (χ1n) is 12.8. The Labute approximate surface area is 228 Å². The van der Waals surface area contributed by atoms with Gasteiger partial charge in [-0.3, -0.25) is 9.78 Å². The van der Waals surface area contributed by atoms with Gasteiger partial charge in [0.2, 0.25) is 0 Å². The van der Waals surface area contributed by atoms with Crippen LogP contribution in [-0.2, 0) is 4.74 Å². The van der Waals surface area contributed by atoms with Gasteiger partial charge >= 0.3 is 0 Å². The molecule has 1 N–H and O–H groups in total. The summed E-state index contributed by atoms with van der Waals surface area (Å²) in [6.45, 7) is 1.97. The van der Waals surface area contributed by atoms with Gasteiger partial charge in [0, 0.05) is 48.5 Å². The zero-order valence-corrected chi connectivity index (χ0v) is 21.9. The molecule has 2 fully saturated rings. The van der Waals surface area contributed by atoms with Crippen molar-refractivity contribution < 1.29 is 27.8 Å². The third-order valence-electron chi connectivity index (χ3n) is 6.85. The van der Waals surface area contributed by atoms with Gasteiger partial charge in [0.25, 0.3) is 5.91 Å². The van der Waals surface area contributed by atoms with E-state index in [0.717, 1.165) is 18.9 Å². The van der Waals surface area contributed by atoms with Gasteiger partial charge in [0.15, 0.2) is 34.8 Å². The molecule has 1 saturated carbocycles. The van der Waals surface area contributed by atoms with Gasteiger partial charge in [-0.15, -0.1) is 0 Å². The summed E-state index contributed by atoms with van der Waals surface area (Å²) in [7, 11) is 2.59. The number of fused-ring (bicyclic) bond motifs is 1. The van der Waals surface area contributed by atoms with E-state index in [2.05, 4.69) is 15.3 Å². The molecule has 12 heteroatoms. The molecule has 3 aromatic heterocycles. The van der Waals surface area contributed by atoms with Crippen molar-refractivity contribution in [1.82, 2.24) is 25.3 Å². The van der Waals surface area contributed by atoms with E-state index in [-0.39, 0.29) is 34.7 Å². The summed E-state index contributed by atoms with van der Waals surface area (Å²) in [6, 6.07) is 6.29. The van der Waals surface area contributed by atoms with Crippen molar-refractivity contribution in [2.75, 3.05) is 45.4 Å². The normalized spacial score (nSPS) is 15.2. The second-order valence-electron chi connectivity index (χ2n) is 9.53. The lowest BCUT2D eigenvalue weighted by Crippen LogP contribution is -2.37. The van der Waals surface area contributed by atoms with Gasteiger partial charge in [-0.1, -0.05) is 0 Å². The average molecular weight is 549 g/mol. The largest absolute Gasteiger partial charge is 0.494 e. The molecule has 0 radical (unpaired) electrons. The topological polar surface area (TPSA) is 112 Å². The van der Waals surface area contributed by atoms with Crippen LogP contribution in [0.3, 0.4) is 0 Å². The molecular weight excluding hydrogens is 522 g/mol. The summed E-state index contributed by atoms with van der Waals surface area (Å²) >= 11 is 0. The van der Waals surface area contributed by atoms with E-state index < -0.39 is 11.6 Å². The minimum absolute atomic E-state index is 0.0465. The van der Waals surface area contributed by atoms with Crippen LogP contribution in [0, 0.1) is 11.6 Å². The van der Waals surface area contributed by atoms with Gasteiger partial charge in [-0.05, 0) is 31.0 Å². The predicted molar refractivity (Wildman–Crippen MR) is 143 cm³/mol. The summed E-state index contributed by atoms with van der Waals surface area (Å²) in [5.74, 6) is -1.53. The fraction of sp³-hybridized carbons (Fsp3) is 0.321. The number of benzene rings is 1. The molecule has 6 rings (SSSR count). The van der Waals surface area contributed by atoms with E-state index in [4.69, 9.17) is 24.2 Å². The Bertz CT molecular complexity index is 1560. The van der Waals surface area contributed by atoms with E-state index in [1.165, 1.54) is 20.3 Å². The highest BCUT2D eigenvalue weighted by Gasteiger charge is 2.26. The number of morpholine rings is 1. The van der Waals surface area contributed by atoms with Crippen LogP contribution in [0.15, 0.2) is 36.7 Å². The Morgan fingerprint density at radius 3 is 2.35 bits per heavy atom. The van der Waals surface area contributed by atoms with Crippen molar-refractivity contribution in [2.24, 2.45) is 0 Å². The minimum Gasteiger partial charge on any atom is -0.494 e. The molecule has 2 aliphatic rings. The third-order valence-corrected chi connectivity index (χ3v) is 6.85. The SMILES string of the molecule is COc1cc(OC)c(F)c(-c2cc3cnc(-c4ccc(C(=O)NC5CC5)nc4)nc3c(N3CCOCC3)n2)c1F. The Morgan fingerprint density at radius 2 is 1.73 bits per heavy atom. The van der Waals surface area contributed by atoms with Crippen LogP contribution in [0.4, 0.5) is 14.6 Å². The number of amides is 1. The predicted octanol–water partition coefficient (Wildman–Crippen LogP) is 3.78. The highest BCUT2D eigenvalue weighted by molar-refractivity contribution is 5.94. The molecule has 0 unspecified atom stereocenters. The fourth-order valence-electron chi connectivity index (χ4n) is 4.54. The summed E-state index contributed by atoms with van der Waals surface area (Å²) in [6.07, 6.45) is 5.10. The van der Waals surface area contributed by atoms with E-state index in [9.17, 15) is 4.79 Å². The quantitative estimate of drug-likeness (QED) is 0.369. The summed E-state index contributed by atoms with van der Waals surface area (Å²) in [5, 5.41) is 3.44. The molecule has 4 aromatic rings. The molecule has 0 atom stereocenters. The van der Waals surface area contributed by atoms with Crippen molar-refractivity contribution in [3.8, 4) is 34.1 Å². The number of nitrogens with one attached hydrogen (secondary N) is 1. The number of hydrogen-bond donors (Lipinski definition) is 1. The van der Waals surface area contributed by atoms with E-state index in [1.807, 2.05) is 4.90 Å². The molecule has 1 aromatic carbocycles. The van der Waals surface area contributed by atoms with Crippen molar-refractivity contribution in [3.05, 3.63) is 54.0 Å². The monoisotopic (exact) mass is 548 g/mol. The Balaban J connectivity index is 1.45. The highest BCUT2D eigenvalue weighted by atomic mass is 19.1. The fourth-order valence-corrected chi connectivity index (χ4v) is 4.54. The standard InChI is InChI=1S/C28H26F2N6O4/c1-38-20-12-21(39-2)24(30)22(23(20)29)19-11-16-14-32-26(35-25(16)27(34-19)36-7-9-40-10-8-36)15-3-6-18(31-13-15)28(37)33-17-4-5-17/h3,6,11-14,17H,4-5,7-10H2,1-2H3,(H,33,37). The van der Waals surface area contributed by atoms with Crippen molar-refractivity contribution in [2.45, 2.75) is 18.9 Å². The van der Waals surface area contributed by atoms with Crippen LogP contribution >= 0.6 is 0 Å². The lowest BCUT2D eigenvalue weighted by molar-refractivity contribution is 0.0946. The Kier molecular flexibility index (Phi) is 6.84. The zero-order chi connectivity index (χ0) is 27.8. The average Bonchev–Trinajstić information content (AvgIpc) is 3.81. The van der Waals surface area contributed by atoms with Crippen molar-refractivity contribution in [1.29, 1.82) is 0 Å². The molecule has 1 aliphatic carbocycles. The number of aromatic nitrogens is 4. The minimum atomic E-state index is -0.894. The lowest BCUT2D eigenvalue weighted by atomic mass is 10.1. The first-order valence-corrected chi connectivity index (χ1v) is 12.8. The van der Waals surface area contributed by atoms with Gasteiger partial charge in [0.05, 0.1) is 38.7 Å². The maximum atomic E-state index is 15.4. The van der Waals surface area contributed by atoms with Gasteiger partial charge in [0.1, 0.15) is 11.2 Å². The highest BCUT2D eigenvalue weighted by Crippen LogP contribution is 2.39. The van der Waals surface area contributed by atoms with Crippen LogP contribution in [0.25, 0.3) is 33.5 Å². The third kappa shape index (κ3) is 4.86. The number of ether oxygens (including phenoxy) is 3. The molecule has 0 bridgehead atoms. The summed E-state index contributed by atoms with van der Waals surface area (Å²) < 4.78 is 46.5. The van der Waals surface area contributed by atoms with Gasteiger partial charge in [-0.2, -0.15) is 0 Å². The Hall–Kier alpha value is -4.45. The molecule has 10 nitrogen and oxygen atoms in total. The van der Waals surface area contributed by atoms with Crippen LogP contribution in [0.2, 0.25) is 0 Å². The number of methoxy groups -OCH3 is 2. The second-order valence-corrected chi connectivity index (χ2v) is 9.53. The molecule has 0 spiro atoms. The van der Waals surface area contributed by atoms with Crippen LogP contribution in [0.5, 0.6) is 11.5 Å². The van der Waals surface area contributed by atoms with E-state index in [0.29, 0.717) is 60.1 Å². The number of nitrogens with zero attached hydrogens (tertiary/aromatic N) is 5. The molecule has 1 amide bonds. The number of pyridine rings is 2. The number of halogens is 2. The molecule has 1 saturated heterocycles. The van der Waals surface area contributed by atoms with E-state index >= 15 is 8.78 Å². The number of hydrogen-bond acceptors (Lipinski definition) is 9. The Morgan fingerprint density at radius 1 is 1.00 bits per heavy atom. The molecule has 40 heavy (non-hydrogen) atoms. The van der Waals surface area contributed by atoms with Crippen LogP contribution in [-0.4, -0.2) is 72.4 Å². The van der Waals surface area contributed by atoms with Gasteiger partial charge in [-0.25, -0.2) is 23.7 Å². The maximum Gasteiger partial charge on any atom is 0.270 e. The summed E-state index contributed by atoms with van der Waals surface area (Å²) in [5.41, 5.74) is 1.10. The number of rotatable bonds is 7. The zero-order valence-electron chi connectivity index (χ0n) is 21.9. The van der Waals surface area contributed by atoms with Crippen LogP contribution in [0.1, 0.15) is 23.3 Å². The second kappa shape index (κ2) is 10.6. The van der Waals surface area contributed by atoms with Crippen LogP contribution < -0.4 is 19.7 Å². The van der Waals surface area contributed by atoms with E-state index in [1.54, 1.807) is 24.5 Å². The summed E-state index contributed by atoms with van der Waals surface area (Å²) in [4.78, 5) is 32.5. The maximum absolute atomic E-state index is 15.4. The molecule has 4 heterocycles. The molecular formula is C28H26F2N6O4. The molecule has 206 valence electrons. The van der Waals surface area contributed by atoms with Crippen molar-refractivity contribution in [3.63, 3.8) is 0 Å². The lowest BCUT2D eigenvalue weighted by Gasteiger charge is -2.29. The molecule has 1 aliphatic heterocycles. The number of carbonyl (C=O) groups excluding carboxylic acids is 1. The first-order chi connectivity index (χ1) is 19.5. The first kappa shape index (κ1) is 25.8.